The highest BCUT2D eigenvalue weighted by atomic mass is 35.5. The lowest BCUT2D eigenvalue weighted by atomic mass is 10.1. The van der Waals surface area contributed by atoms with Gasteiger partial charge in [0.1, 0.15) is 6.61 Å². The molecule has 0 aromatic heterocycles. The van der Waals surface area contributed by atoms with Crippen molar-refractivity contribution in [1.29, 1.82) is 0 Å². The van der Waals surface area contributed by atoms with Gasteiger partial charge in [-0.1, -0.05) is 38.7 Å². The predicted molar refractivity (Wildman–Crippen MR) is 96.9 cm³/mol. The van der Waals surface area contributed by atoms with E-state index in [1.807, 2.05) is 0 Å². The van der Waals surface area contributed by atoms with Crippen LogP contribution in [0.3, 0.4) is 0 Å². The van der Waals surface area contributed by atoms with Gasteiger partial charge in [-0.05, 0) is 19.4 Å². The molecule has 0 bridgehead atoms. The van der Waals surface area contributed by atoms with Crippen molar-refractivity contribution in [2.24, 2.45) is 0 Å². The number of nitrogens with zero attached hydrogens (tertiary/aromatic N) is 1. The lowest BCUT2D eigenvalue weighted by Crippen LogP contribution is -2.30. The minimum Gasteiger partial charge on any atom is -0.461 e. The van der Waals surface area contributed by atoms with E-state index in [2.05, 4.69) is 19.2 Å². The van der Waals surface area contributed by atoms with Gasteiger partial charge in [0.15, 0.2) is 0 Å². The van der Waals surface area contributed by atoms with Crippen molar-refractivity contribution >= 4 is 24.1 Å². The van der Waals surface area contributed by atoms with Crippen LogP contribution in [-0.2, 0) is 4.74 Å². The Bertz CT molecular complexity index is 511. The van der Waals surface area contributed by atoms with E-state index < -0.39 is 10.9 Å². The Morgan fingerprint density at radius 2 is 2.08 bits per heavy atom. The Kier molecular flexibility index (Phi) is 11.8. The SMILES string of the molecule is CCCCCCC(C)NCCOC(=O)c1cccc([N+](=O)[O-])c1.Cl. The molecule has 136 valence electrons. The molecule has 0 saturated carbocycles. The Morgan fingerprint density at radius 1 is 1.33 bits per heavy atom. The maximum Gasteiger partial charge on any atom is 0.338 e. The van der Waals surface area contributed by atoms with Crippen molar-refractivity contribution in [3.8, 4) is 0 Å². The van der Waals surface area contributed by atoms with Gasteiger partial charge in [0, 0.05) is 24.7 Å². The topological polar surface area (TPSA) is 81.5 Å². The number of carbonyl (C=O) groups excluding carboxylic acids is 1. The summed E-state index contributed by atoms with van der Waals surface area (Å²) in [5.74, 6) is -0.536. The minimum absolute atomic E-state index is 0. The maximum absolute atomic E-state index is 11.8. The number of hydrogen-bond acceptors (Lipinski definition) is 5. The van der Waals surface area contributed by atoms with Gasteiger partial charge in [-0.2, -0.15) is 0 Å². The number of nitrogens with one attached hydrogen (secondary N) is 1. The molecule has 0 spiro atoms. The van der Waals surface area contributed by atoms with Gasteiger partial charge in [0.25, 0.3) is 5.69 Å². The number of carbonyl (C=O) groups is 1. The second-order valence-electron chi connectivity index (χ2n) is 5.65. The largest absolute Gasteiger partial charge is 0.461 e. The van der Waals surface area contributed by atoms with Crippen LogP contribution in [0.2, 0.25) is 0 Å². The van der Waals surface area contributed by atoms with Crippen LogP contribution in [0, 0.1) is 10.1 Å². The molecular weight excluding hydrogens is 332 g/mol. The van der Waals surface area contributed by atoms with E-state index in [1.165, 1.54) is 49.9 Å². The monoisotopic (exact) mass is 358 g/mol. The Hall–Kier alpha value is -1.66. The standard InChI is InChI=1S/C17H26N2O4.ClH/c1-3-4-5-6-8-14(2)18-11-12-23-17(20)15-9-7-10-16(13-15)19(21)22;/h7,9-10,13-14,18H,3-6,8,11-12H2,1-2H3;1H. The number of nitro groups is 1. The molecule has 0 saturated heterocycles. The van der Waals surface area contributed by atoms with Gasteiger partial charge < -0.3 is 10.1 Å². The van der Waals surface area contributed by atoms with Crippen LogP contribution in [0.4, 0.5) is 5.69 Å². The first-order valence-corrected chi connectivity index (χ1v) is 8.19. The number of benzene rings is 1. The average Bonchev–Trinajstić information content (AvgIpc) is 2.55. The second kappa shape index (κ2) is 12.7. The third-order valence-corrected chi connectivity index (χ3v) is 3.61. The summed E-state index contributed by atoms with van der Waals surface area (Å²) in [6.07, 6.45) is 6.07. The Morgan fingerprint density at radius 3 is 2.75 bits per heavy atom. The third kappa shape index (κ3) is 8.84. The smallest absolute Gasteiger partial charge is 0.338 e. The van der Waals surface area contributed by atoms with E-state index in [0.29, 0.717) is 12.6 Å². The van der Waals surface area contributed by atoms with Crippen molar-refractivity contribution < 1.29 is 14.5 Å². The fourth-order valence-electron chi connectivity index (χ4n) is 2.26. The molecule has 0 radical (unpaired) electrons. The average molecular weight is 359 g/mol. The first-order valence-electron chi connectivity index (χ1n) is 8.19. The van der Waals surface area contributed by atoms with Crippen LogP contribution in [0.5, 0.6) is 0 Å². The number of rotatable bonds is 11. The van der Waals surface area contributed by atoms with Crippen LogP contribution < -0.4 is 5.32 Å². The fraction of sp³-hybridized carbons (Fsp3) is 0.588. The number of unbranched alkanes of at least 4 members (excludes halogenated alkanes) is 3. The van der Waals surface area contributed by atoms with Crippen LogP contribution in [0.1, 0.15) is 56.3 Å². The number of nitro benzene ring substituents is 1. The number of non-ortho nitro benzene ring substituents is 1. The maximum atomic E-state index is 11.8. The lowest BCUT2D eigenvalue weighted by molar-refractivity contribution is -0.384. The highest BCUT2D eigenvalue weighted by molar-refractivity contribution is 5.90. The van der Waals surface area contributed by atoms with Gasteiger partial charge in [-0.15, -0.1) is 12.4 Å². The van der Waals surface area contributed by atoms with Crippen LogP contribution in [0.15, 0.2) is 24.3 Å². The molecule has 24 heavy (non-hydrogen) atoms. The molecule has 0 aliphatic heterocycles. The van der Waals surface area contributed by atoms with Crippen molar-refractivity contribution in [1.82, 2.24) is 5.32 Å². The van der Waals surface area contributed by atoms with Gasteiger partial charge in [0.2, 0.25) is 0 Å². The number of esters is 1. The van der Waals surface area contributed by atoms with Crippen molar-refractivity contribution in [3.05, 3.63) is 39.9 Å². The van der Waals surface area contributed by atoms with E-state index in [-0.39, 0.29) is 30.3 Å². The molecule has 0 heterocycles. The third-order valence-electron chi connectivity index (χ3n) is 3.61. The second-order valence-corrected chi connectivity index (χ2v) is 5.65. The van der Waals surface area contributed by atoms with E-state index in [0.717, 1.165) is 6.42 Å². The molecule has 1 atom stereocenters. The fourth-order valence-corrected chi connectivity index (χ4v) is 2.26. The molecule has 1 aromatic rings. The van der Waals surface area contributed by atoms with Crippen LogP contribution >= 0.6 is 12.4 Å². The molecule has 1 rings (SSSR count). The van der Waals surface area contributed by atoms with Crippen molar-refractivity contribution in [3.63, 3.8) is 0 Å². The van der Waals surface area contributed by atoms with Gasteiger partial charge in [-0.25, -0.2) is 4.79 Å². The summed E-state index contributed by atoms with van der Waals surface area (Å²) in [6, 6.07) is 5.96. The summed E-state index contributed by atoms with van der Waals surface area (Å²) < 4.78 is 5.13. The summed E-state index contributed by atoms with van der Waals surface area (Å²) in [7, 11) is 0. The summed E-state index contributed by atoms with van der Waals surface area (Å²) >= 11 is 0. The van der Waals surface area contributed by atoms with Gasteiger partial charge in [0.05, 0.1) is 10.5 Å². The Balaban J connectivity index is 0.00000529. The molecule has 0 amide bonds. The zero-order chi connectivity index (χ0) is 17.1. The molecule has 1 N–H and O–H groups in total. The zero-order valence-corrected chi connectivity index (χ0v) is 15.1. The molecule has 1 unspecified atom stereocenters. The molecule has 1 aromatic carbocycles. The summed E-state index contributed by atoms with van der Waals surface area (Å²) in [6.45, 7) is 5.14. The highest BCUT2D eigenvalue weighted by Crippen LogP contribution is 2.13. The van der Waals surface area contributed by atoms with Gasteiger partial charge in [-0.3, -0.25) is 10.1 Å². The van der Waals surface area contributed by atoms with Gasteiger partial charge >= 0.3 is 5.97 Å². The zero-order valence-electron chi connectivity index (χ0n) is 14.3. The van der Waals surface area contributed by atoms with Crippen LogP contribution in [-0.4, -0.2) is 30.1 Å². The molecule has 7 heteroatoms. The quantitative estimate of drug-likeness (QED) is 0.278. The normalized spacial score (nSPS) is 11.4. The summed E-state index contributed by atoms with van der Waals surface area (Å²) in [5.41, 5.74) is 0.0880. The molecule has 0 aliphatic carbocycles. The Labute approximate surface area is 149 Å². The lowest BCUT2D eigenvalue weighted by Gasteiger charge is -2.13. The molecular formula is C17H27ClN2O4. The first kappa shape index (κ1) is 22.3. The van der Waals surface area contributed by atoms with Crippen molar-refractivity contribution in [2.45, 2.75) is 52.0 Å². The van der Waals surface area contributed by atoms with Crippen LogP contribution in [0.25, 0.3) is 0 Å². The number of hydrogen-bond donors (Lipinski definition) is 1. The van der Waals surface area contributed by atoms with E-state index in [1.54, 1.807) is 0 Å². The molecule has 6 nitrogen and oxygen atoms in total. The first-order chi connectivity index (χ1) is 11.0. The number of halogens is 1. The molecule has 0 aliphatic rings. The highest BCUT2D eigenvalue weighted by Gasteiger charge is 2.12. The predicted octanol–water partition coefficient (Wildman–Crippen LogP) is 4.12. The summed E-state index contributed by atoms with van der Waals surface area (Å²) in [4.78, 5) is 22.0. The van der Waals surface area contributed by atoms with E-state index >= 15 is 0 Å². The van der Waals surface area contributed by atoms with E-state index in [9.17, 15) is 14.9 Å². The minimum atomic E-state index is -0.536. The van der Waals surface area contributed by atoms with Crippen molar-refractivity contribution in [2.75, 3.05) is 13.2 Å². The molecule has 0 fully saturated rings. The summed E-state index contributed by atoms with van der Waals surface area (Å²) in [5, 5.41) is 14.0. The number of ether oxygens (including phenoxy) is 1. The van der Waals surface area contributed by atoms with E-state index in [4.69, 9.17) is 4.74 Å².